The first-order valence-electron chi connectivity index (χ1n) is 10.0. The number of nitrogens with one attached hydrogen (secondary N) is 1. The molecule has 31 heavy (non-hydrogen) atoms. The standard InChI is InChI=1S/C24H26N2O4S/c1-3-19-9-13-22(14-10-19)30-18-24(27)25-21-11-15-23(16-12-21)31(28,29)26(2)17-20-7-5-4-6-8-20/h4-16H,3,17-18H2,1-2H3,(H,25,27). The summed E-state index contributed by atoms with van der Waals surface area (Å²) in [5, 5.41) is 2.71. The fourth-order valence-electron chi connectivity index (χ4n) is 2.98. The van der Waals surface area contributed by atoms with Gasteiger partial charge in [0, 0.05) is 19.3 Å². The highest BCUT2D eigenvalue weighted by Crippen LogP contribution is 2.19. The molecule has 0 heterocycles. The van der Waals surface area contributed by atoms with Gasteiger partial charge in [-0.05, 0) is 53.9 Å². The Morgan fingerprint density at radius 2 is 1.55 bits per heavy atom. The third-order valence-electron chi connectivity index (χ3n) is 4.80. The molecule has 3 rings (SSSR count). The molecule has 1 N–H and O–H groups in total. The molecule has 0 aliphatic heterocycles. The van der Waals surface area contributed by atoms with Crippen molar-refractivity contribution in [1.82, 2.24) is 4.31 Å². The van der Waals surface area contributed by atoms with Gasteiger partial charge in [0.2, 0.25) is 10.0 Å². The number of anilines is 1. The van der Waals surface area contributed by atoms with Gasteiger partial charge in [0.05, 0.1) is 4.90 Å². The van der Waals surface area contributed by atoms with Crippen molar-refractivity contribution < 1.29 is 17.9 Å². The van der Waals surface area contributed by atoms with Gasteiger partial charge in [-0.1, -0.05) is 49.4 Å². The van der Waals surface area contributed by atoms with Crippen molar-refractivity contribution in [3.05, 3.63) is 90.0 Å². The maximum Gasteiger partial charge on any atom is 0.262 e. The third kappa shape index (κ3) is 6.16. The van der Waals surface area contributed by atoms with E-state index >= 15 is 0 Å². The van der Waals surface area contributed by atoms with Crippen LogP contribution in [0.25, 0.3) is 0 Å². The molecule has 1 amide bonds. The Morgan fingerprint density at radius 1 is 0.903 bits per heavy atom. The SMILES string of the molecule is CCc1ccc(OCC(=O)Nc2ccc(S(=O)(=O)N(C)Cc3ccccc3)cc2)cc1. The second-order valence-corrected chi connectivity index (χ2v) is 9.15. The second-order valence-electron chi connectivity index (χ2n) is 7.11. The molecule has 0 fully saturated rings. The van der Waals surface area contributed by atoms with Crippen LogP contribution >= 0.6 is 0 Å². The minimum absolute atomic E-state index is 0.134. The Morgan fingerprint density at radius 3 is 2.16 bits per heavy atom. The minimum atomic E-state index is -3.64. The highest BCUT2D eigenvalue weighted by Gasteiger charge is 2.20. The van der Waals surface area contributed by atoms with Gasteiger partial charge in [-0.15, -0.1) is 0 Å². The number of carbonyl (C=O) groups is 1. The topological polar surface area (TPSA) is 75.7 Å². The Hall–Kier alpha value is -3.16. The van der Waals surface area contributed by atoms with Crippen LogP contribution in [0.5, 0.6) is 5.75 Å². The van der Waals surface area contributed by atoms with Crippen molar-refractivity contribution in [1.29, 1.82) is 0 Å². The fraction of sp³-hybridized carbons (Fsp3) is 0.208. The monoisotopic (exact) mass is 438 g/mol. The first-order valence-corrected chi connectivity index (χ1v) is 11.4. The first-order chi connectivity index (χ1) is 14.9. The summed E-state index contributed by atoms with van der Waals surface area (Å²) in [5.41, 5.74) is 2.60. The summed E-state index contributed by atoms with van der Waals surface area (Å²) in [6.45, 7) is 2.21. The maximum atomic E-state index is 12.8. The molecule has 3 aromatic carbocycles. The summed E-state index contributed by atoms with van der Waals surface area (Å²) in [6, 6.07) is 23.1. The predicted octanol–water partition coefficient (Wildman–Crippen LogP) is 4.09. The van der Waals surface area contributed by atoms with E-state index in [2.05, 4.69) is 12.2 Å². The molecular formula is C24H26N2O4S. The van der Waals surface area contributed by atoms with Crippen LogP contribution in [0.15, 0.2) is 83.8 Å². The number of carbonyl (C=O) groups excluding carboxylic acids is 1. The van der Waals surface area contributed by atoms with Crippen LogP contribution in [0.3, 0.4) is 0 Å². The van der Waals surface area contributed by atoms with Gasteiger partial charge in [0.25, 0.3) is 5.91 Å². The molecule has 0 saturated heterocycles. The number of rotatable bonds is 9. The van der Waals surface area contributed by atoms with Crippen LogP contribution in [0, 0.1) is 0 Å². The number of aryl methyl sites for hydroxylation is 1. The number of ether oxygens (including phenoxy) is 1. The van der Waals surface area contributed by atoms with E-state index < -0.39 is 10.0 Å². The summed E-state index contributed by atoms with van der Waals surface area (Å²) in [4.78, 5) is 12.3. The van der Waals surface area contributed by atoms with E-state index in [-0.39, 0.29) is 24.0 Å². The van der Waals surface area contributed by atoms with Crippen molar-refractivity contribution in [2.75, 3.05) is 19.0 Å². The Kier molecular flexibility index (Phi) is 7.44. The summed E-state index contributed by atoms with van der Waals surface area (Å²) >= 11 is 0. The number of nitrogens with zero attached hydrogens (tertiary/aromatic N) is 1. The maximum absolute atomic E-state index is 12.8. The van der Waals surface area contributed by atoms with E-state index in [1.54, 1.807) is 19.2 Å². The van der Waals surface area contributed by atoms with E-state index in [1.165, 1.54) is 22.0 Å². The average Bonchev–Trinajstić information content (AvgIpc) is 2.79. The molecule has 0 aromatic heterocycles. The highest BCUT2D eigenvalue weighted by atomic mass is 32.2. The van der Waals surface area contributed by atoms with E-state index in [4.69, 9.17) is 4.74 Å². The van der Waals surface area contributed by atoms with Gasteiger partial charge in [-0.25, -0.2) is 8.42 Å². The number of hydrogen-bond donors (Lipinski definition) is 1. The number of hydrogen-bond acceptors (Lipinski definition) is 4. The van der Waals surface area contributed by atoms with E-state index in [1.807, 2.05) is 54.6 Å². The predicted molar refractivity (Wildman–Crippen MR) is 121 cm³/mol. The summed E-state index contributed by atoms with van der Waals surface area (Å²) < 4.78 is 32.4. The molecule has 0 atom stereocenters. The molecule has 3 aromatic rings. The lowest BCUT2D eigenvalue weighted by molar-refractivity contribution is -0.118. The Bertz CT molecular complexity index is 1100. The number of sulfonamides is 1. The lowest BCUT2D eigenvalue weighted by atomic mass is 10.2. The van der Waals surface area contributed by atoms with Crippen LogP contribution in [-0.4, -0.2) is 32.3 Å². The molecule has 0 bridgehead atoms. The van der Waals surface area contributed by atoms with E-state index in [0.717, 1.165) is 12.0 Å². The minimum Gasteiger partial charge on any atom is -0.484 e. The van der Waals surface area contributed by atoms with Gasteiger partial charge < -0.3 is 10.1 Å². The Balaban J connectivity index is 1.56. The quantitative estimate of drug-likeness (QED) is 0.546. The zero-order chi connectivity index (χ0) is 22.3. The van der Waals surface area contributed by atoms with Crippen LogP contribution in [-0.2, 0) is 27.8 Å². The smallest absolute Gasteiger partial charge is 0.262 e. The summed E-state index contributed by atoms with van der Waals surface area (Å²) in [5.74, 6) is 0.298. The average molecular weight is 439 g/mol. The molecule has 0 aliphatic carbocycles. The van der Waals surface area contributed by atoms with Crippen molar-refractivity contribution in [3.63, 3.8) is 0 Å². The molecular weight excluding hydrogens is 412 g/mol. The zero-order valence-electron chi connectivity index (χ0n) is 17.6. The van der Waals surface area contributed by atoms with Gasteiger partial charge in [0.15, 0.2) is 6.61 Å². The summed E-state index contributed by atoms with van der Waals surface area (Å²) in [7, 11) is -2.09. The van der Waals surface area contributed by atoms with Crippen LogP contribution in [0.1, 0.15) is 18.1 Å². The molecule has 0 aliphatic rings. The van der Waals surface area contributed by atoms with Gasteiger partial charge >= 0.3 is 0 Å². The van der Waals surface area contributed by atoms with Crippen LogP contribution in [0.2, 0.25) is 0 Å². The van der Waals surface area contributed by atoms with E-state index in [9.17, 15) is 13.2 Å². The molecule has 0 radical (unpaired) electrons. The fourth-order valence-corrected chi connectivity index (χ4v) is 4.14. The molecule has 0 saturated carbocycles. The Labute approximate surface area is 183 Å². The largest absolute Gasteiger partial charge is 0.484 e. The van der Waals surface area contributed by atoms with Crippen molar-refractivity contribution in [3.8, 4) is 5.75 Å². The van der Waals surface area contributed by atoms with Crippen LogP contribution < -0.4 is 10.1 Å². The van der Waals surface area contributed by atoms with Gasteiger partial charge in [0.1, 0.15) is 5.75 Å². The van der Waals surface area contributed by atoms with Crippen molar-refractivity contribution in [2.24, 2.45) is 0 Å². The highest BCUT2D eigenvalue weighted by molar-refractivity contribution is 7.89. The van der Waals surface area contributed by atoms with Crippen LogP contribution in [0.4, 0.5) is 5.69 Å². The molecule has 162 valence electrons. The summed E-state index contributed by atoms with van der Waals surface area (Å²) in [6.07, 6.45) is 0.939. The number of amides is 1. The lowest BCUT2D eigenvalue weighted by Crippen LogP contribution is -2.26. The van der Waals surface area contributed by atoms with Gasteiger partial charge in [-0.3, -0.25) is 4.79 Å². The first kappa shape index (κ1) is 22.5. The second kappa shape index (κ2) is 10.2. The van der Waals surface area contributed by atoms with Crippen molar-refractivity contribution in [2.45, 2.75) is 24.8 Å². The zero-order valence-corrected chi connectivity index (χ0v) is 18.4. The van der Waals surface area contributed by atoms with Gasteiger partial charge in [-0.2, -0.15) is 4.31 Å². The third-order valence-corrected chi connectivity index (χ3v) is 6.61. The molecule has 6 nitrogen and oxygen atoms in total. The number of benzene rings is 3. The van der Waals surface area contributed by atoms with Crippen molar-refractivity contribution >= 4 is 21.6 Å². The molecule has 7 heteroatoms. The normalized spacial score (nSPS) is 11.3. The lowest BCUT2D eigenvalue weighted by Gasteiger charge is -2.17. The van der Waals surface area contributed by atoms with E-state index in [0.29, 0.717) is 11.4 Å². The molecule has 0 spiro atoms. The molecule has 0 unspecified atom stereocenters.